The maximum atomic E-state index is 11.2. The molecule has 1 atom stereocenters. The van der Waals surface area contributed by atoms with Crippen molar-refractivity contribution in [1.82, 2.24) is 0 Å². The number of hydrogen-bond donors (Lipinski definition) is 1. The highest BCUT2D eigenvalue weighted by molar-refractivity contribution is 8.01. The number of ether oxygens (including phenoxy) is 1. The van der Waals surface area contributed by atoms with Gasteiger partial charge in [-0.2, -0.15) is 11.8 Å². The monoisotopic (exact) mass is 235 g/mol. The third-order valence-corrected chi connectivity index (χ3v) is 4.71. The van der Waals surface area contributed by atoms with E-state index in [-0.39, 0.29) is 17.3 Å². The molecule has 3 nitrogen and oxygen atoms in total. The van der Waals surface area contributed by atoms with Gasteiger partial charge in [0.15, 0.2) is 6.61 Å². The Bertz CT molecular complexity index is 454. The number of anilines is 1. The molecule has 1 fully saturated rings. The van der Waals surface area contributed by atoms with Gasteiger partial charge in [0.2, 0.25) is 0 Å². The van der Waals surface area contributed by atoms with Crippen molar-refractivity contribution in [3.63, 3.8) is 0 Å². The third kappa shape index (κ3) is 1.48. The molecule has 2 aliphatic rings. The molecule has 84 valence electrons. The van der Waals surface area contributed by atoms with Crippen LogP contribution in [-0.4, -0.2) is 18.3 Å². The maximum Gasteiger partial charge on any atom is 0.262 e. The van der Waals surface area contributed by atoms with Crippen molar-refractivity contribution in [1.29, 1.82) is 0 Å². The lowest BCUT2D eigenvalue weighted by Gasteiger charge is -2.38. The van der Waals surface area contributed by atoms with E-state index in [1.807, 2.05) is 23.9 Å². The van der Waals surface area contributed by atoms with E-state index in [9.17, 15) is 4.79 Å². The van der Waals surface area contributed by atoms with Gasteiger partial charge < -0.3 is 10.1 Å². The number of benzene rings is 1. The third-order valence-electron chi connectivity index (χ3n) is 3.22. The Hall–Kier alpha value is -1.16. The van der Waals surface area contributed by atoms with Gasteiger partial charge in [0.1, 0.15) is 5.75 Å². The molecule has 0 bridgehead atoms. The molecule has 0 radical (unpaired) electrons. The van der Waals surface area contributed by atoms with Crippen molar-refractivity contribution in [2.24, 2.45) is 0 Å². The van der Waals surface area contributed by atoms with Gasteiger partial charge >= 0.3 is 0 Å². The first-order valence-corrected chi connectivity index (χ1v) is 6.37. The highest BCUT2D eigenvalue weighted by Gasteiger charge is 2.35. The van der Waals surface area contributed by atoms with E-state index < -0.39 is 0 Å². The fourth-order valence-corrected chi connectivity index (χ4v) is 3.16. The summed E-state index contributed by atoms with van der Waals surface area (Å²) in [5.74, 6) is 1.92. The van der Waals surface area contributed by atoms with E-state index in [1.165, 1.54) is 17.7 Å². The zero-order valence-electron chi connectivity index (χ0n) is 9.08. The second kappa shape index (κ2) is 3.42. The number of carbonyl (C=O) groups is 1. The lowest BCUT2D eigenvalue weighted by atomic mass is 9.95. The van der Waals surface area contributed by atoms with Gasteiger partial charge in [0.05, 0.1) is 5.69 Å². The first kappa shape index (κ1) is 10.0. The fraction of sp³-hybridized carbons (Fsp3) is 0.417. The largest absolute Gasteiger partial charge is 0.482 e. The Kier molecular flexibility index (Phi) is 2.14. The molecule has 1 unspecified atom stereocenters. The highest BCUT2D eigenvalue weighted by atomic mass is 32.2. The predicted octanol–water partition coefficient (Wildman–Crippen LogP) is 2.37. The van der Waals surface area contributed by atoms with Crippen LogP contribution in [0.2, 0.25) is 0 Å². The van der Waals surface area contributed by atoms with Crippen molar-refractivity contribution in [2.75, 3.05) is 17.7 Å². The van der Waals surface area contributed by atoms with Gasteiger partial charge in [-0.1, -0.05) is 6.07 Å². The predicted molar refractivity (Wildman–Crippen MR) is 65.0 cm³/mol. The van der Waals surface area contributed by atoms with E-state index in [4.69, 9.17) is 4.74 Å². The average molecular weight is 235 g/mol. The van der Waals surface area contributed by atoms with E-state index >= 15 is 0 Å². The maximum absolute atomic E-state index is 11.2. The van der Waals surface area contributed by atoms with Gasteiger partial charge in [-0.15, -0.1) is 0 Å². The molecule has 3 rings (SSSR count). The minimum Gasteiger partial charge on any atom is -0.482 e. The molecule has 0 aliphatic carbocycles. The SMILES string of the molecule is CC1(c2ccc3c(c2)NC(=O)CO3)CCS1. The summed E-state index contributed by atoms with van der Waals surface area (Å²) < 4.78 is 5.56. The van der Waals surface area contributed by atoms with Crippen LogP contribution >= 0.6 is 11.8 Å². The molecule has 16 heavy (non-hydrogen) atoms. The Balaban J connectivity index is 1.98. The van der Waals surface area contributed by atoms with E-state index in [2.05, 4.69) is 18.3 Å². The number of thioether (sulfide) groups is 1. The minimum absolute atomic E-state index is 0.0731. The van der Waals surface area contributed by atoms with Crippen LogP contribution in [-0.2, 0) is 9.54 Å². The van der Waals surface area contributed by atoms with E-state index in [0.29, 0.717) is 0 Å². The van der Waals surface area contributed by atoms with Crippen molar-refractivity contribution < 1.29 is 9.53 Å². The Morgan fingerprint density at radius 1 is 1.50 bits per heavy atom. The van der Waals surface area contributed by atoms with Gasteiger partial charge in [-0.25, -0.2) is 0 Å². The Morgan fingerprint density at radius 3 is 3.00 bits per heavy atom. The van der Waals surface area contributed by atoms with Crippen molar-refractivity contribution in [3.05, 3.63) is 23.8 Å². The minimum atomic E-state index is -0.0731. The number of rotatable bonds is 1. The van der Waals surface area contributed by atoms with Crippen molar-refractivity contribution >= 4 is 23.4 Å². The van der Waals surface area contributed by atoms with Crippen LogP contribution in [0.3, 0.4) is 0 Å². The number of amides is 1. The molecule has 1 saturated heterocycles. The van der Waals surface area contributed by atoms with E-state index in [1.54, 1.807) is 0 Å². The lowest BCUT2D eigenvalue weighted by Crippen LogP contribution is -2.29. The number of hydrogen-bond acceptors (Lipinski definition) is 3. The molecule has 1 N–H and O–H groups in total. The van der Waals surface area contributed by atoms with Crippen LogP contribution in [0, 0.1) is 0 Å². The first-order chi connectivity index (χ1) is 7.67. The quantitative estimate of drug-likeness (QED) is 0.812. The normalized spacial score (nSPS) is 27.4. The van der Waals surface area contributed by atoms with Crippen LogP contribution in [0.4, 0.5) is 5.69 Å². The molecule has 1 aromatic carbocycles. The molecule has 0 spiro atoms. The van der Waals surface area contributed by atoms with Gasteiger partial charge in [0.25, 0.3) is 5.91 Å². The summed E-state index contributed by atoms with van der Waals surface area (Å²) in [7, 11) is 0. The Morgan fingerprint density at radius 2 is 2.31 bits per heavy atom. The van der Waals surface area contributed by atoms with Gasteiger partial charge in [-0.3, -0.25) is 4.79 Å². The summed E-state index contributed by atoms with van der Waals surface area (Å²) in [6, 6.07) is 6.09. The molecule has 0 aromatic heterocycles. The summed E-state index contributed by atoms with van der Waals surface area (Å²) in [4.78, 5) is 11.2. The van der Waals surface area contributed by atoms with Crippen LogP contribution in [0.5, 0.6) is 5.75 Å². The second-order valence-electron chi connectivity index (χ2n) is 4.38. The molecule has 2 heterocycles. The second-order valence-corrected chi connectivity index (χ2v) is 5.98. The Labute approximate surface area is 98.6 Å². The summed E-state index contributed by atoms with van der Waals surface area (Å²) in [6.45, 7) is 2.37. The topological polar surface area (TPSA) is 38.3 Å². The van der Waals surface area contributed by atoms with Crippen molar-refractivity contribution in [3.8, 4) is 5.75 Å². The van der Waals surface area contributed by atoms with Crippen LogP contribution in [0.1, 0.15) is 18.9 Å². The first-order valence-electron chi connectivity index (χ1n) is 5.38. The number of nitrogens with one attached hydrogen (secondary N) is 1. The van der Waals surface area contributed by atoms with E-state index in [0.717, 1.165) is 11.4 Å². The molecule has 2 aliphatic heterocycles. The fourth-order valence-electron chi connectivity index (χ4n) is 2.05. The van der Waals surface area contributed by atoms with Crippen LogP contribution < -0.4 is 10.1 Å². The summed E-state index contributed by atoms with van der Waals surface area (Å²) in [5, 5.41) is 2.85. The molecule has 1 aromatic rings. The summed E-state index contributed by atoms with van der Waals surface area (Å²) in [6.07, 6.45) is 1.20. The lowest BCUT2D eigenvalue weighted by molar-refractivity contribution is -0.118. The smallest absolute Gasteiger partial charge is 0.262 e. The zero-order valence-corrected chi connectivity index (χ0v) is 9.89. The number of fused-ring (bicyclic) bond motifs is 1. The molecule has 4 heteroatoms. The number of carbonyl (C=O) groups excluding carboxylic acids is 1. The molecule has 0 saturated carbocycles. The average Bonchev–Trinajstić information content (AvgIpc) is 2.25. The molecular formula is C12H13NO2S. The zero-order chi connectivity index (χ0) is 11.2. The molecular weight excluding hydrogens is 222 g/mol. The van der Waals surface area contributed by atoms with Gasteiger partial charge in [0, 0.05) is 4.75 Å². The van der Waals surface area contributed by atoms with Gasteiger partial charge in [-0.05, 0) is 36.8 Å². The van der Waals surface area contributed by atoms with Crippen LogP contribution in [0.25, 0.3) is 0 Å². The highest BCUT2D eigenvalue weighted by Crippen LogP contribution is 2.50. The van der Waals surface area contributed by atoms with Crippen LogP contribution in [0.15, 0.2) is 18.2 Å². The molecule has 1 amide bonds. The summed E-state index contributed by atoms with van der Waals surface area (Å²) in [5.41, 5.74) is 2.08. The van der Waals surface area contributed by atoms with Crippen molar-refractivity contribution in [2.45, 2.75) is 18.1 Å². The summed E-state index contributed by atoms with van der Waals surface area (Å²) >= 11 is 1.96. The standard InChI is InChI=1S/C12H13NO2S/c1-12(4-5-16-12)8-2-3-10-9(6-8)13-11(14)7-15-10/h2-3,6H,4-5,7H2,1H3,(H,13,14).